The first-order valence-corrected chi connectivity index (χ1v) is 10.2. The molecular formula is C20H29N7O. The van der Waals surface area contributed by atoms with Gasteiger partial charge in [0.15, 0.2) is 0 Å². The molecule has 0 saturated carbocycles. The predicted molar refractivity (Wildman–Crippen MR) is 107 cm³/mol. The van der Waals surface area contributed by atoms with E-state index in [1.807, 2.05) is 17.3 Å². The van der Waals surface area contributed by atoms with E-state index in [0.717, 1.165) is 69.7 Å². The molecule has 0 atom stereocenters. The Bertz CT molecular complexity index is 808. The fourth-order valence-electron chi connectivity index (χ4n) is 4.55. The summed E-state index contributed by atoms with van der Waals surface area (Å²) in [5.74, 6) is 0.833. The van der Waals surface area contributed by atoms with Crippen LogP contribution in [-0.2, 0) is 23.3 Å². The summed E-state index contributed by atoms with van der Waals surface area (Å²) in [6, 6.07) is 0. The van der Waals surface area contributed by atoms with E-state index in [1.54, 1.807) is 13.3 Å². The summed E-state index contributed by atoms with van der Waals surface area (Å²) in [4.78, 5) is 33.5. The summed E-state index contributed by atoms with van der Waals surface area (Å²) < 4.78 is 0. The lowest BCUT2D eigenvalue weighted by atomic mass is 9.78. The number of nitrogens with one attached hydrogen (secondary N) is 2. The van der Waals surface area contributed by atoms with Gasteiger partial charge in [0, 0.05) is 69.7 Å². The summed E-state index contributed by atoms with van der Waals surface area (Å²) in [6.45, 7) is 8.13. The van der Waals surface area contributed by atoms with Crippen LogP contribution in [0.25, 0.3) is 0 Å². The van der Waals surface area contributed by atoms with Gasteiger partial charge in [-0.15, -0.1) is 0 Å². The van der Waals surface area contributed by atoms with E-state index < -0.39 is 0 Å². The number of imidazole rings is 1. The number of aromatic amines is 1. The Morgan fingerprint density at radius 3 is 2.64 bits per heavy atom. The number of piperidine rings is 1. The lowest BCUT2D eigenvalue weighted by molar-refractivity contribution is -0.139. The highest BCUT2D eigenvalue weighted by Crippen LogP contribution is 2.42. The van der Waals surface area contributed by atoms with Gasteiger partial charge in [-0.3, -0.25) is 9.69 Å². The van der Waals surface area contributed by atoms with Gasteiger partial charge in [-0.25, -0.2) is 15.0 Å². The zero-order valence-corrected chi connectivity index (χ0v) is 16.7. The van der Waals surface area contributed by atoms with E-state index in [2.05, 4.69) is 37.1 Å². The number of hydrogen-bond acceptors (Lipinski definition) is 6. The number of H-pyrrole nitrogens is 1. The lowest BCUT2D eigenvalue weighted by Crippen LogP contribution is -2.57. The predicted octanol–water partition coefficient (Wildman–Crippen LogP) is 1.92. The molecule has 0 unspecified atom stereocenters. The monoisotopic (exact) mass is 383 g/mol. The van der Waals surface area contributed by atoms with Crippen LogP contribution in [0.5, 0.6) is 0 Å². The highest BCUT2D eigenvalue weighted by atomic mass is 16.2. The second kappa shape index (κ2) is 7.87. The van der Waals surface area contributed by atoms with Gasteiger partial charge < -0.3 is 15.2 Å². The second-order valence-corrected chi connectivity index (χ2v) is 7.80. The van der Waals surface area contributed by atoms with Crippen molar-refractivity contribution in [2.45, 2.75) is 51.6 Å². The van der Waals surface area contributed by atoms with E-state index in [1.165, 1.54) is 5.69 Å². The number of anilines is 1. The first-order valence-electron chi connectivity index (χ1n) is 10.2. The maximum absolute atomic E-state index is 12.3. The number of hydrogen-bond donors (Lipinski definition) is 2. The minimum absolute atomic E-state index is 0.144. The van der Waals surface area contributed by atoms with Crippen molar-refractivity contribution in [1.82, 2.24) is 29.7 Å². The van der Waals surface area contributed by atoms with Crippen molar-refractivity contribution in [3.8, 4) is 0 Å². The molecule has 2 N–H and O–H groups in total. The number of carbonyl (C=O) groups excluding carboxylic acids is 1. The lowest BCUT2D eigenvalue weighted by Gasteiger charge is -2.50. The molecule has 0 bridgehead atoms. The highest BCUT2D eigenvalue weighted by Gasteiger charge is 2.47. The van der Waals surface area contributed by atoms with Gasteiger partial charge in [0.05, 0.1) is 17.6 Å². The summed E-state index contributed by atoms with van der Waals surface area (Å²) in [7, 11) is 0. The molecule has 2 aromatic heterocycles. The van der Waals surface area contributed by atoms with Crippen LogP contribution >= 0.6 is 0 Å². The molecule has 2 aliphatic heterocycles. The van der Waals surface area contributed by atoms with Crippen molar-refractivity contribution in [2.24, 2.45) is 0 Å². The van der Waals surface area contributed by atoms with Gasteiger partial charge >= 0.3 is 0 Å². The van der Waals surface area contributed by atoms with Crippen LogP contribution in [0.1, 0.15) is 50.1 Å². The van der Waals surface area contributed by atoms with Crippen molar-refractivity contribution >= 4 is 11.9 Å². The number of carbonyl (C=O) groups is 1. The Hall–Kier alpha value is -2.48. The zero-order chi connectivity index (χ0) is 19.6. The van der Waals surface area contributed by atoms with Gasteiger partial charge in [-0.1, -0.05) is 6.92 Å². The first kappa shape index (κ1) is 18.9. The number of likely N-dealkylation sites (tertiary alicyclic amines) is 1. The average Bonchev–Trinajstić information content (AvgIpc) is 3.19. The molecule has 2 aromatic rings. The van der Waals surface area contributed by atoms with Crippen LogP contribution in [-0.4, -0.2) is 61.8 Å². The summed E-state index contributed by atoms with van der Waals surface area (Å²) in [5, 5.41) is 3.20. The molecule has 0 aliphatic carbocycles. The molecule has 1 fully saturated rings. The molecule has 4 rings (SSSR count). The average molecular weight is 384 g/mol. The smallest absolute Gasteiger partial charge is 0.222 e. The molecule has 4 heterocycles. The van der Waals surface area contributed by atoms with Gasteiger partial charge in [-0.05, 0) is 19.3 Å². The molecular weight excluding hydrogens is 354 g/mol. The molecule has 28 heavy (non-hydrogen) atoms. The van der Waals surface area contributed by atoms with Crippen molar-refractivity contribution < 1.29 is 4.79 Å². The summed E-state index contributed by atoms with van der Waals surface area (Å²) in [5.41, 5.74) is 3.11. The number of amides is 1. The molecule has 1 amide bonds. The number of aromatic nitrogens is 4. The summed E-state index contributed by atoms with van der Waals surface area (Å²) >= 11 is 0. The van der Waals surface area contributed by atoms with E-state index in [9.17, 15) is 4.79 Å². The molecule has 0 radical (unpaired) electrons. The standard InChI is InChI=1S/C20H29N7O/c1-3-7-21-19-22-11-16(12-23-19)13-26-9-5-20(6-10-26)18-17(24-14-25-18)4-8-27(20)15(2)28/h11-12,14H,3-10,13H2,1-2H3,(H,24,25)(H,21,22,23). The van der Waals surface area contributed by atoms with Crippen molar-refractivity contribution in [1.29, 1.82) is 0 Å². The molecule has 0 aromatic carbocycles. The van der Waals surface area contributed by atoms with Crippen molar-refractivity contribution in [2.75, 3.05) is 31.5 Å². The fourth-order valence-corrected chi connectivity index (χ4v) is 4.55. The highest BCUT2D eigenvalue weighted by molar-refractivity contribution is 5.75. The Balaban J connectivity index is 1.43. The third-order valence-electron chi connectivity index (χ3n) is 5.97. The van der Waals surface area contributed by atoms with Gasteiger partial charge in [0.2, 0.25) is 11.9 Å². The fraction of sp³-hybridized carbons (Fsp3) is 0.600. The van der Waals surface area contributed by atoms with E-state index in [4.69, 9.17) is 0 Å². The van der Waals surface area contributed by atoms with Crippen LogP contribution < -0.4 is 5.32 Å². The maximum atomic E-state index is 12.3. The third kappa shape index (κ3) is 3.48. The van der Waals surface area contributed by atoms with Crippen LogP contribution in [0, 0.1) is 0 Å². The second-order valence-electron chi connectivity index (χ2n) is 7.80. The molecule has 8 nitrogen and oxygen atoms in total. The van der Waals surface area contributed by atoms with E-state index >= 15 is 0 Å². The van der Waals surface area contributed by atoms with Crippen LogP contribution in [0.3, 0.4) is 0 Å². The quantitative estimate of drug-likeness (QED) is 0.820. The Morgan fingerprint density at radius 2 is 1.96 bits per heavy atom. The molecule has 2 aliphatic rings. The minimum atomic E-state index is -0.264. The Labute approximate surface area is 165 Å². The third-order valence-corrected chi connectivity index (χ3v) is 5.97. The van der Waals surface area contributed by atoms with Gasteiger partial charge in [-0.2, -0.15) is 0 Å². The topological polar surface area (TPSA) is 90.0 Å². The van der Waals surface area contributed by atoms with Gasteiger partial charge in [0.1, 0.15) is 0 Å². The zero-order valence-electron chi connectivity index (χ0n) is 16.7. The Kier molecular flexibility index (Phi) is 5.30. The minimum Gasteiger partial charge on any atom is -0.354 e. The molecule has 1 saturated heterocycles. The van der Waals surface area contributed by atoms with Crippen molar-refractivity contribution in [3.05, 3.63) is 35.7 Å². The van der Waals surface area contributed by atoms with Crippen LogP contribution in [0.15, 0.2) is 18.7 Å². The summed E-state index contributed by atoms with van der Waals surface area (Å²) in [6.07, 6.45) is 9.30. The first-order chi connectivity index (χ1) is 13.6. The maximum Gasteiger partial charge on any atom is 0.222 e. The van der Waals surface area contributed by atoms with E-state index in [0.29, 0.717) is 5.95 Å². The van der Waals surface area contributed by atoms with Crippen LogP contribution in [0.4, 0.5) is 5.95 Å². The van der Waals surface area contributed by atoms with Crippen molar-refractivity contribution in [3.63, 3.8) is 0 Å². The number of rotatable bonds is 5. The largest absolute Gasteiger partial charge is 0.354 e. The number of fused-ring (bicyclic) bond motifs is 2. The molecule has 1 spiro atoms. The Morgan fingerprint density at radius 1 is 1.21 bits per heavy atom. The molecule has 8 heteroatoms. The van der Waals surface area contributed by atoms with E-state index in [-0.39, 0.29) is 11.4 Å². The molecule has 150 valence electrons. The SMILES string of the molecule is CCCNc1ncc(CN2CCC3(CC2)c2nc[nH]c2CCN3C(C)=O)cn1. The normalized spacial score (nSPS) is 18.9. The van der Waals surface area contributed by atoms with Crippen LogP contribution in [0.2, 0.25) is 0 Å². The van der Waals surface area contributed by atoms with Gasteiger partial charge in [0.25, 0.3) is 0 Å². The number of nitrogens with zero attached hydrogens (tertiary/aromatic N) is 5.